The summed E-state index contributed by atoms with van der Waals surface area (Å²) in [6.45, 7) is 1.96. The number of esters is 1. The SMILES string of the molecule is COC(=O)[C@@H]1CC[C@@H]2CC(C)=CC(=O)N21. The van der Waals surface area contributed by atoms with Gasteiger partial charge in [-0.25, -0.2) is 4.79 Å². The number of hydrogen-bond acceptors (Lipinski definition) is 3. The Morgan fingerprint density at radius 2 is 2.27 bits per heavy atom. The van der Waals surface area contributed by atoms with Crippen LogP contribution in [0, 0.1) is 0 Å². The molecule has 0 N–H and O–H groups in total. The standard InChI is InChI=1S/C11H15NO3/c1-7-5-8-3-4-9(11(14)15-2)12(8)10(13)6-7/h6,8-9H,3-5H2,1-2H3/t8-,9+/m1/s1. The maximum Gasteiger partial charge on any atom is 0.328 e. The van der Waals surface area contributed by atoms with Crippen LogP contribution in [0.2, 0.25) is 0 Å². The highest BCUT2D eigenvalue weighted by Gasteiger charge is 2.42. The number of fused-ring (bicyclic) bond motifs is 1. The van der Waals surface area contributed by atoms with Crippen molar-refractivity contribution in [1.29, 1.82) is 0 Å². The van der Waals surface area contributed by atoms with Gasteiger partial charge in [-0.3, -0.25) is 4.79 Å². The van der Waals surface area contributed by atoms with E-state index >= 15 is 0 Å². The van der Waals surface area contributed by atoms with Gasteiger partial charge in [-0.15, -0.1) is 0 Å². The van der Waals surface area contributed by atoms with Gasteiger partial charge in [0.25, 0.3) is 0 Å². The Kier molecular flexibility index (Phi) is 2.50. The molecule has 1 amide bonds. The molecule has 1 fully saturated rings. The molecule has 2 heterocycles. The highest BCUT2D eigenvalue weighted by molar-refractivity contribution is 5.93. The minimum Gasteiger partial charge on any atom is -0.467 e. The second-order valence-corrected chi connectivity index (χ2v) is 4.21. The molecule has 2 aliphatic rings. The van der Waals surface area contributed by atoms with Crippen molar-refractivity contribution in [3.05, 3.63) is 11.6 Å². The Bertz CT molecular complexity index is 335. The van der Waals surface area contributed by atoms with Crippen LogP contribution in [0.1, 0.15) is 26.2 Å². The lowest BCUT2D eigenvalue weighted by atomic mass is 10.0. The first-order valence-corrected chi connectivity index (χ1v) is 5.20. The summed E-state index contributed by atoms with van der Waals surface area (Å²) in [5.41, 5.74) is 1.10. The lowest BCUT2D eigenvalue weighted by Gasteiger charge is -2.31. The summed E-state index contributed by atoms with van der Waals surface area (Å²) in [5.74, 6) is -0.338. The van der Waals surface area contributed by atoms with Gasteiger partial charge in [0.2, 0.25) is 5.91 Å². The lowest BCUT2D eigenvalue weighted by Crippen LogP contribution is -2.46. The molecule has 2 aliphatic heterocycles. The molecule has 2 atom stereocenters. The highest BCUT2D eigenvalue weighted by Crippen LogP contribution is 2.32. The van der Waals surface area contributed by atoms with Crippen molar-refractivity contribution in [2.75, 3.05) is 7.11 Å². The zero-order chi connectivity index (χ0) is 11.0. The third-order valence-electron chi connectivity index (χ3n) is 3.16. The predicted molar refractivity (Wildman–Crippen MR) is 54.0 cm³/mol. The molecule has 0 radical (unpaired) electrons. The Morgan fingerprint density at radius 1 is 1.53 bits per heavy atom. The second-order valence-electron chi connectivity index (χ2n) is 4.21. The van der Waals surface area contributed by atoms with Gasteiger partial charge < -0.3 is 9.64 Å². The molecule has 0 aromatic heterocycles. The van der Waals surface area contributed by atoms with Crippen LogP contribution in [0.3, 0.4) is 0 Å². The summed E-state index contributed by atoms with van der Waals surface area (Å²) < 4.78 is 4.70. The molecule has 0 spiro atoms. The van der Waals surface area contributed by atoms with Gasteiger partial charge in [0.1, 0.15) is 6.04 Å². The molecule has 0 bridgehead atoms. The third kappa shape index (κ3) is 1.64. The third-order valence-corrected chi connectivity index (χ3v) is 3.16. The van der Waals surface area contributed by atoms with Crippen LogP contribution in [-0.4, -0.2) is 36.0 Å². The summed E-state index contributed by atoms with van der Waals surface area (Å²) in [6.07, 6.45) is 4.14. The van der Waals surface area contributed by atoms with Crippen LogP contribution < -0.4 is 0 Å². The van der Waals surface area contributed by atoms with Crippen LogP contribution in [-0.2, 0) is 14.3 Å². The van der Waals surface area contributed by atoms with Gasteiger partial charge in [-0.2, -0.15) is 0 Å². The van der Waals surface area contributed by atoms with Crippen LogP contribution in [0.4, 0.5) is 0 Å². The largest absolute Gasteiger partial charge is 0.467 e. The zero-order valence-corrected chi connectivity index (χ0v) is 9.03. The van der Waals surface area contributed by atoms with E-state index in [0.29, 0.717) is 0 Å². The van der Waals surface area contributed by atoms with Crippen LogP contribution in [0.15, 0.2) is 11.6 Å². The number of rotatable bonds is 1. The van der Waals surface area contributed by atoms with Gasteiger partial charge in [0, 0.05) is 12.1 Å². The first-order chi connectivity index (χ1) is 7.13. The van der Waals surface area contributed by atoms with E-state index in [1.807, 2.05) is 6.92 Å². The topological polar surface area (TPSA) is 46.6 Å². The average Bonchev–Trinajstić information content (AvgIpc) is 2.60. The average molecular weight is 209 g/mol. The fourth-order valence-electron chi connectivity index (χ4n) is 2.50. The summed E-state index contributed by atoms with van der Waals surface area (Å²) in [5, 5.41) is 0. The van der Waals surface area contributed by atoms with Crippen LogP contribution in [0.25, 0.3) is 0 Å². The fourth-order valence-corrected chi connectivity index (χ4v) is 2.50. The van der Waals surface area contributed by atoms with Gasteiger partial charge >= 0.3 is 5.97 Å². The summed E-state index contributed by atoms with van der Waals surface area (Å²) in [6, 6.07) is -0.163. The number of hydrogen-bond donors (Lipinski definition) is 0. The minimum atomic E-state index is -0.364. The summed E-state index contributed by atoms with van der Waals surface area (Å²) in [7, 11) is 1.37. The molecule has 82 valence electrons. The number of ether oxygens (including phenoxy) is 1. The van der Waals surface area contributed by atoms with Gasteiger partial charge in [0.05, 0.1) is 7.11 Å². The van der Waals surface area contributed by atoms with Crippen molar-refractivity contribution in [3.8, 4) is 0 Å². The van der Waals surface area contributed by atoms with E-state index < -0.39 is 0 Å². The van der Waals surface area contributed by atoms with Crippen molar-refractivity contribution in [2.24, 2.45) is 0 Å². The Balaban J connectivity index is 2.22. The number of methoxy groups -OCH3 is 1. The summed E-state index contributed by atoms with van der Waals surface area (Å²) >= 11 is 0. The zero-order valence-electron chi connectivity index (χ0n) is 9.03. The predicted octanol–water partition coefficient (Wildman–Crippen LogP) is 0.869. The van der Waals surface area contributed by atoms with E-state index in [2.05, 4.69) is 0 Å². The van der Waals surface area contributed by atoms with Crippen LogP contribution in [0.5, 0.6) is 0 Å². The van der Waals surface area contributed by atoms with E-state index in [0.717, 1.165) is 24.8 Å². The van der Waals surface area contributed by atoms with E-state index in [-0.39, 0.29) is 24.0 Å². The van der Waals surface area contributed by atoms with Crippen molar-refractivity contribution in [3.63, 3.8) is 0 Å². The van der Waals surface area contributed by atoms with E-state index in [1.54, 1.807) is 11.0 Å². The Morgan fingerprint density at radius 3 is 2.93 bits per heavy atom. The molecule has 1 saturated heterocycles. The van der Waals surface area contributed by atoms with E-state index in [9.17, 15) is 9.59 Å². The van der Waals surface area contributed by atoms with Crippen molar-refractivity contribution < 1.29 is 14.3 Å². The smallest absolute Gasteiger partial charge is 0.328 e. The first-order valence-electron chi connectivity index (χ1n) is 5.20. The minimum absolute atomic E-state index is 0.0448. The van der Waals surface area contributed by atoms with Crippen molar-refractivity contribution in [2.45, 2.75) is 38.3 Å². The van der Waals surface area contributed by atoms with Gasteiger partial charge in [-0.05, 0) is 26.2 Å². The normalized spacial score (nSPS) is 29.9. The molecule has 0 saturated carbocycles. The molecule has 0 aliphatic carbocycles. The molecule has 0 unspecified atom stereocenters. The molecule has 0 aromatic carbocycles. The molecule has 0 aromatic rings. The first kappa shape index (κ1) is 10.2. The maximum absolute atomic E-state index is 11.8. The highest BCUT2D eigenvalue weighted by atomic mass is 16.5. The van der Waals surface area contributed by atoms with E-state index in [1.165, 1.54) is 7.11 Å². The lowest BCUT2D eigenvalue weighted by molar-refractivity contribution is -0.151. The molecule has 2 rings (SSSR count). The van der Waals surface area contributed by atoms with Gasteiger partial charge in [0.15, 0.2) is 0 Å². The molecule has 15 heavy (non-hydrogen) atoms. The Hall–Kier alpha value is -1.32. The summed E-state index contributed by atoms with van der Waals surface area (Å²) in [4.78, 5) is 24.9. The second kappa shape index (κ2) is 3.68. The maximum atomic E-state index is 11.8. The number of carbonyl (C=O) groups excluding carboxylic acids is 2. The van der Waals surface area contributed by atoms with Crippen molar-refractivity contribution in [1.82, 2.24) is 4.90 Å². The monoisotopic (exact) mass is 209 g/mol. The number of nitrogens with zero attached hydrogens (tertiary/aromatic N) is 1. The van der Waals surface area contributed by atoms with E-state index in [4.69, 9.17) is 4.74 Å². The number of carbonyl (C=O) groups is 2. The van der Waals surface area contributed by atoms with Crippen molar-refractivity contribution >= 4 is 11.9 Å². The molecule has 4 heteroatoms. The fraction of sp³-hybridized carbons (Fsp3) is 0.636. The van der Waals surface area contributed by atoms with Gasteiger partial charge in [-0.1, -0.05) is 5.57 Å². The molecular weight excluding hydrogens is 194 g/mol. The number of amides is 1. The Labute approximate surface area is 88.9 Å². The molecule has 4 nitrogen and oxygen atoms in total. The quantitative estimate of drug-likeness (QED) is 0.602. The van der Waals surface area contributed by atoms with Crippen LogP contribution >= 0.6 is 0 Å². The molecular formula is C11H15NO3.